The molecule has 0 aliphatic carbocycles. The lowest BCUT2D eigenvalue weighted by molar-refractivity contribution is -0.136. The van der Waals surface area contributed by atoms with E-state index in [1.807, 2.05) is 49.6 Å². The van der Waals surface area contributed by atoms with Gasteiger partial charge in [0, 0.05) is 18.3 Å². The van der Waals surface area contributed by atoms with Crippen molar-refractivity contribution in [3.63, 3.8) is 0 Å². The lowest BCUT2D eigenvalue weighted by Gasteiger charge is -2.26. The van der Waals surface area contributed by atoms with Crippen LogP contribution in [0.2, 0.25) is 0 Å². The van der Waals surface area contributed by atoms with Crippen molar-refractivity contribution in [1.82, 2.24) is 4.90 Å². The Morgan fingerprint density at radius 2 is 1.77 bits per heavy atom. The zero-order valence-electron chi connectivity index (χ0n) is 17.4. The van der Waals surface area contributed by atoms with Crippen molar-refractivity contribution in [2.45, 2.75) is 26.4 Å². The molecule has 160 valence electrons. The predicted octanol–water partition coefficient (Wildman–Crippen LogP) is 4.59. The van der Waals surface area contributed by atoms with Crippen molar-refractivity contribution in [2.24, 2.45) is 0 Å². The molecule has 0 saturated heterocycles. The molecular weight excluding hydrogens is 412 g/mol. The van der Waals surface area contributed by atoms with Crippen LogP contribution in [0.5, 0.6) is 0 Å². The Morgan fingerprint density at radius 3 is 2.45 bits per heavy atom. The molecule has 1 N–H and O–H groups in total. The zero-order chi connectivity index (χ0) is 22.2. The molecule has 0 radical (unpaired) electrons. The number of esters is 1. The summed E-state index contributed by atoms with van der Waals surface area (Å²) in [6, 6.07) is 19.6. The molecule has 3 rings (SSSR count). The van der Waals surface area contributed by atoms with Crippen molar-refractivity contribution in [1.29, 1.82) is 0 Å². The summed E-state index contributed by atoms with van der Waals surface area (Å²) in [4.78, 5) is 39.6. The number of thiophene rings is 1. The molecule has 7 heteroatoms. The highest BCUT2D eigenvalue weighted by molar-refractivity contribution is 7.12. The van der Waals surface area contributed by atoms with E-state index in [2.05, 4.69) is 5.32 Å². The van der Waals surface area contributed by atoms with Crippen molar-refractivity contribution >= 4 is 34.8 Å². The van der Waals surface area contributed by atoms with Gasteiger partial charge in [-0.25, -0.2) is 4.79 Å². The van der Waals surface area contributed by atoms with Crippen molar-refractivity contribution in [3.05, 3.63) is 88.1 Å². The van der Waals surface area contributed by atoms with Crippen LogP contribution in [-0.2, 0) is 16.1 Å². The molecule has 1 aromatic heterocycles. The van der Waals surface area contributed by atoms with E-state index in [-0.39, 0.29) is 30.0 Å². The summed E-state index contributed by atoms with van der Waals surface area (Å²) < 4.78 is 5.25. The minimum atomic E-state index is -0.621. The number of amides is 2. The van der Waals surface area contributed by atoms with E-state index >= 15 is 0 Å². The average molecular weight is 437 g/mol. The number of hydrogen-bond donors (Lipinski definition) is 1. The number of ether oxygens (including phenoxy) is 1. The van der Waals surface area contributed by atoms with Crippen LogP contribution in [-0.4, -0.2) is 35.3 Å². The van der Waals surface area contributed by atoms with E-state index in [0.717, 1.165) is 5.56 Å². The fraction of sp³-hybridized carbons (Fsp3) is 0.208. The van der Waals surface area contributed by atoms with Gasteiger partial charge in [0.05, 0.1) is 10.4 Å². The summed E-state index contributed by atoms with van der Waals surface area (Å²) in [6.07, 6.45) is 0. The third kappa shape index (κ3) is 6.26. The van der Waals surface area contributed by atoms with Crippen LogP contribution < -0.4 is 5.32 Å². The largest absolute Gasteiger partial charge is 0.452 e. The molecular formula is C24H24N2O4S. The molecule has 0 spiro atoms. The Morgan fingerprint density at radius 1 is 1.00 bits per heavy atom. The number of nitrogens with one attached hydrogen (secondary N) is 1. The lowest BCUT2D eigenvalue weighted by atomic mass is 10.2. The van der Waals surface area contributed by atoms with Crippen molar-refractivity contribution < 1.29 is 19.1 Å². The summed E-state index contributed by atoms with van der Waals surface area (Å²) >= 11 is 1.33. The molecule has 1 heterocycles. The summed E-state index contributed by atoms with van der Waals surface area (Å²) in [7, 11) is 0. The molecule has 31 heavy (non-hydrogen) atoms. The number of benzene rings is 2. The van der Waals surface area contributed by atoms with E-state index in [0.29, 0.717) is 17.1 Å². The fourth-order valence-corrected chi connectivity index (χ4v) is 3.58. The fourth-order valence-electron chi connectivity index (χ4n) is 2.96. The maximum Gasteiger partial charge on any atom is 0.338 e. The predicted molar refractivity (Wildman–Crippen MR) is 121 cm³/mol. The standard InChI is InChI=1S/C24H24N2O4S/c1-17(2)26(15-18-8-4-3-5-9-18)22(27)16-30-24(29)19-10-6-11-20(14-19)25-23(28)21-12-7-13-31-21/h3-14,17H,15-16H2,1-2H3,(H,25,28). The Bertz CT molecular complexity index is 1030. The zero-order valence-corrected chi connectivity index (χ0v) is 18.2. The molecule has 0 saturated carbocycles. The number of nitrogens with zero attached hydrogens (tertiary/aromatic N) is 1. The van der Waals surface area contributed by atoms with Gasteiger partial charge >= 0.3 is 5.97 Å². The quantitative estimate of drug-likeness (QED) is 0.524. The van der Waals surface area contributed by atoms with Gasteiger partial charge in [-0.2, -0.15) is 0 Å². The molecule has 0 unspecified atom stereocenters. The van der Waals surface area contributed by atoms with Gasteiger partial charge in [-0.15, -0.1) is 11.3 Å². The third-order valence-corrected chi connectivity index (χ3v) is 5.44. The molecule has 0 aliphatic rings. The summed E-state index contributed by atoms with van der Waals surface area (Å²) in [6.45, 7) is 3.93. The second-order valence-electron chi connectivity index (χ2n) is 7.19. The van der Waals surface area contributed by atoms with Gasteiger partial charge in [0.1, 0.15) is 0 Å². The Hall–Kier alpha value is -3.45. The second-order valence-corrected chi connectivity index (χ2v) is 8.14. The monoisotopic (exact) mass is 436 g/mol. The maximum atomic E-state index is 12.7. The Balaban J connectivity index is 1.59. The third-order valence-electron chi connectivity index (χ3n) is 4.57. The van der Waals surface area contributed by atoms with Crippen LogP contribution in [0.25, 0.3) is 0 Å². The molecule has 0 fully saturated rings. The van der Waals surface area contributed by atoms with Gasteiger partial charge in [-0.3, -0.25) is 9.59 Å². The summed E-state index contributed by atoms with van der Waals surface area (Å²) in [5.41, 5.74) is 1.74. The van der Waals surface area contributed by atoms with E-state index < -0.39 is 5.97 Å². The molecule has 2 amide bonds. The van der Waals surface area contributed by atoms with Gasteiger partial charge in [0.15, 0.2) is 6.61 Å². The number of hydrogen-bond acceptors (Lipinski definition) is 5. The minimum absolute atomic E-state index is 0.0396. The van der Waals surface area contributed by atoms with E-state index in [1.165, 1.54) is 17.4 Å². The Labute approximate surface area is 185 Å². The van der Waals surface area contributed by atoms with Gasteiger partial charge in [0.25, 0.3) is 11.8 Å². The highest BCUT2D eigenvalue weighted by atomic mass is 32.1. The van der Waals surface area contributed by atoms with Crippen LogP contribution in [0.1, 0.15) is 39.4 Å². The summed E-state index contributed by atoms with van der Waals surface area (Å²) in [5.74, 6) is -1.14. The van der Waals surface area contributed by atoms with Gasteiger partial charge in [0.2, 0.25) is 0 Å². The minimum Gasteiger partial charge on any atom is -0.452 e. The SMILES string of the molecule is CC(C)N(Cc1ccccc1)C(=O)COC(=O)c1cccc(NC(=O)c2cccs2)c1. The van der Waals surface area contributed by atoms with Gasteiger partial charge < -0.3 is 15.0 Å². The summed E-state index contributed by atoms with van der Waals surface area (Å²) in [5, 5.41) is 4.57. The molecule has 3 aromatic rings. The van der Waals surface area contributed by atoms with Gasteiger partial charge in [-0.05, 0) is 49.1 Å². The number of carbonyl (C=O) groups excluding carboxylic acids is 3. The van der Waals surface area contributed by atoms with E-state index in [4.69, 9.17) is 4.74 Å². The van der Waals surface area contributed by atoms with Crippen molar-refractivity contribution in [3.8, 4) is 0 Å². The van der Waals surface area contributed by atoms with Crippen molar-refractivity contribution in [2.75, 3.05) is 11.9 Å². The molecule has 2 aromatic carbocycles. The highest BCUT2D eigenvalue weighted by Gasteiger charge is 2.20. The first-order chi connectivity index (χ1) is 14.9. The van der Waals surface area contributed by atoms with E-state index in [9.17, 15) is 14.4 Å². The molecule has 0 bridgehead atoms. The lowest BCUT2D eigenvalue weighted by Crippen LogP contribution is -2.39. The van der Waals surface area contributed by atoms with Gasteiger partial charge in [-0.1, -0.05) is 42.5 Å². The number of carbonyl (C=O) groups is 3. The van der Waals surface area contributed by atoms with E-state index in [1.54, 1.807) is 35.2 Å². The number of rotatable bonds is 8. The van der Waals surface area contributed by atoms with Crippen LogP contribution in [0.3, 0.4) is 0 Å². The topological polar surface area (TPSA) is 75.7 Å². The molecule has 0 aliphatic heterocycles. The highest BCUT2D eigenvalue weighted by Crippen LogP contribution is 2.16. The smallest absolute Gasteiger partial charge is 0.338 e. The number of anilines is 1. The normalized spacial score (nSPS) is 10.5. The first-order valence-corrected chi connectivity index (χ1v) is 10.8. The average Bonchev–Trinajstić information content (AvgIpc) is 3.31. The van der Waals surface area contributed by atoms with Crippen LogP contribution in [0.15, 0.2) is 72.1 Å². The van der Waals surface area contributed by atoms with Crippen LogP contribution >= 0.6 is 11.3 Å². The maximum absolute atomic E-state index is 12.7. The Kier molecular flexibility index (Phi) is 7.56. The first kappa shape index (κ1) is 22.2. The molecule has 6 nitrogen and oxygen atoms in total. The second kappa shape index (κ2) is 10.5. The first-order valence-electron chi connectivity index (χ1n) is 9.89. The van der Waals surface area contributed by atoms with Crippen LogP contribution in [0, 0.1) is 0 Å². The molecule has 0 atom stereocenters. The van der Waals surface area contributed by atoms with Crippen LogP contribution in [0.4, 0.5) is 5.69 Å².